The first kappa shape index (κ1) is 11.9. The smallest absolute Gasteiger partial charge is 0.394 e. The third-order valence-corrected chi connectivity index (χ3v) is 1.70. The SMILES string of the molecule is CC(N)O[P+](=O)OCC(O)CO. The molecule has 7 heteroatoms. The van der Waals surface area contributed by atoms with Gasteiger partial charge in [-0.1, -0.05) is 0 Å². The summed E-state index contributed by atoms with van der Waals surface area (Å²) < 4.78 is 19.7. The van der Waals surface area contributed by atoms with Crippen molar-refractivity contribution < 1.29 is 23.8 Å². The van der Waals surface area contributed by atoms with Crippen LogP contribution in [0.3, 0.4) is 0 Å². The van der Waals surface area contributed by atoms with Crippen LogP contribution in [0.5, 0.6) is 0 Å². The molecule has 3 atom stereocenters. The lowest BCUT2D eigenvalue weighted by Gasteiger charge is -2.00. The van der Waals surface area contributed by atoms with Crippen LogP contribution in [0.15, 0.2) is 0 Å². The summed E-state index contributed by atoms with van der Waals surface area (Å²) in [6, 6.07) is 0. The third-order valence-electron chi connectivity index (χ3n) is 0.835. The second-order valence-corrected chi connectivity index (χ2v) is 3.08. The topological polar surface area (TPSA) is 102 Å². The average molecular weight is 198 g/mol. The van der Waals surface area contributed by atoms with E-state index in [4.69, 9.17) is 15.9 Å². The largest absolute Gasteiger partial charge is 0.699 e. The predicted molar refractivity (Wildman–Crippen MR) is 41.4 cm³/mol. The van der Waals surface area contributed by atoms with Gasteiger partial charge in [0.1, 0.15) is 12.7 Å². The van der Waals surface area contributed by atoms with E-state index in [1.807, 2.05) is 0 Å². The molecule has 12 heavy (non-hydrogen) atoms. The zero-order chi connectivity index (χ0) is 9.56. The molecule has 0 spiro atoms. The highest BCUT2D eigenvalue weighted by molar-refractivity contribution is 7.33. The maximum atomic E-state index is 10.7. The molecule has 4 N–H and O–H groups in total. The van der Waals surface area contributed by atoms with Gasteiger partial charge in [-0.3, -0.25) is 0 Å². The van der Waals surface area contributed by atoms with Crippen molar-refractivity contribution in [3.8, 4) is 0 Å². The zero-order valence-electron chi connectivity index (χ0n) is 6.71. The van der Waals surface area contributed by atoms with Gasteiger partial charge in [0, 0.05) is 4.57 Å². The van der Waals surface area contributed by atoms with Gasteiger partial charge in [0.2, 0.25) is 0 Å². The van der Waals surface area contributed by atoms with Crippen LogP contribution in [0.1, 0.15) is 6.92 Å². The summed E-state index contributed by atoms with van der Waals surface area (Å²) in [7, 11) is -2.30. The highest BCUT2D eigenvalue weighted by Crippen LogP contribution is 2.24. The number of aliphatic hydroxyl groups excluding tert-OH is 2. The van der Waals surface area contributed by atoms with Gasteiger partial charge in [-0.2, -0.15) is 0 Å². The lowest BCUT2D eigenvalue weighted by molar-refractivity contribution is 0.0473. The Morgan fingerprint density at radius 3 is 2.67 bits per heavy atom. The van der Waals surface area contributed by atoms with Gasteiger partial charge in [0.15, 0.2) is 6.23 Å². The van der Waals surface area contributed by atoms with E-state index in [-0.39, 0.29) is 6.61 Å². The van der Waals surface area contributed by atoms with Crippen LogP contribution in [0.2, 0.25) is 0 Å². The number of hydrogen-bond donors (Lipinski definition) is 3. The molecular weight excluding hydrogens is 185 g/mol. The summed E-state index contributed by atoms with van der Waals surface area (Å²) in [5.41, 5.74) is 5.13. The van der Waals surface area contributed by atoms with Crippen molar-refractivity contribution in [2.24, 2.45) is 5.73 Å². The number of hydrogen-bond acceptors (Lipinski definition) is 6. The molecule has 0 rings (SSSR count). The molecule has 0 aromatic heterocycles. The van der Waals surface area contributed by atoms with Crippen LogP contribution in [-0.4, -0.2) is 35.8 Å². The molecule has 0 saturated carbocycles. The van der Waals surface area contributed by atoms with Gasteiger partial charge in [-0.15, -0.1) is 9.05 Å². The van der Waals surface area contributed by atoms with E-state index >= 15 is 0 Å². The summed E-state index contributed by atoms with van der Waals surface area (Å²) in [6.07, 6.45) is -1.72. The van der Waals surface area contributed by atoms with Crippen molar-refractivity contribution in [2.75, 3.05) is 13.2 Å². The summed E-state index contributed by atoms with van der Waals surface area (Å²) in [5.74, 6) is 0. The highest BCUT2D eigenvalue weighted by atomic mass is 31.1. The summed E-state index contributed by atoms with van der Waals surface area (Å²) in [5, 5.41) is 17.1. The molecule has 0 aliphatic rings. The molecule has 0 aromatic carbocycles. The molecule has 72 valence electrons. The fourth-order valence-electron chi connectivity index (χ4n) is 0.366. The molecule has 0 saturated heterocycles. The van der Waals surface area contributed by atoms with E-state index in [1.165, 1.54) is 6.92 Å². The van der Waals surface area contributed by atoms with E-state index in [0.29, 0.717) is 0 Å². The zero-order valence-corrected chi connectivity index (χ0v) is 7.61. The third kappa shape index (κ3) is 6.60. The molecular formula is C5H13NO5P+. The van der Waals surface area contributed by atoms with Crippen molar-refractivity contribution in [1.82, 2.24) is 0 Å². The fourth-order valence-corrected chi connectivity index (χ4v) is 0.992. The minimum absolute atomic E-state index is 0.238. The first-order valence-electron chi connectivity index (χ1n) is 3.37. The molecule has 3 unspecified atom stereocenters. The van der Waals surface area contributed by atoms with Gasteiger partial charge in [0.05, 0.1) is 6.61 Å². The Bertz CT molecular complexity index is 142. The lowest BCUT2D eigenvalue weighted by atomic mass is 10.4. The Labute approximate surface area is 71.2 Å². The Kier molecular flexibility index (Phi) is 6.37. The normalized spacial score (nSPS) is 17.2. The van der Waals surface area contributed by atoms with E-state index in [1.54, 1.807) is 0 Å². The van der Waals surface area contributed by atoms with Crippen LogP contribution < -0.4 is 5.73 Å². The quantitative estimate of drug-likeness (QED) is 0.386. The van der Waals surface area contributed by atoms with Gasteiger partial charge in [-0.05, 0) is 6.92 Å². The summed E-state index contributed by atoms with van der Waals surface area (Å²) in [6.45, 7) is 0.818. The van der Waals surface area contributed by atoms with E-state index in [0.717, 1.165) is 0 Å². The highest BCUT2D eigenvalue weighted by Gasteiger charge is 2.24. The second kappa shape index (κ2) is 6.42. The summed E-state index contributed by atoms with van der Waals surface area (Å²) >= 11 is 0. The van der Waals surface area contributed by atoms with E-state index in [9.17, 15) is 4.57 Å². The molecule has 0 aliphatic heterocycles. The van der Waals surface area contributed by atoms with Crippen molar-refractivity contribution in [1.29, 1.82) is 0 Å². The number of rotatable bonds is 6. The molecule has 0 radical (unpaired) electrons. The van der Waals surface area contributed by atoms with Crippen LogP contribution in [-0.2, 0) is 13.6 Å². The fraction of sp³-hybridized carbons (Fsp3) is 1.00. The molecule has 0 amide bonds. The van der Waals surface area contributed by atoms with Crippen LogP contribution in [0.25, 0.3) is 0 Å². The number of aliphatic hydroxyl groups is 2. The van der Waals surface area contributed by atoms with E-state index < -0.39 is 27.2 Å². The second-order valence-electron chi connectivity index (χ2n) is 2.17. The van der Waals surface area contributed by atoms with Crippen LogP contribution >= 0.6 is 8.25 Å². The van der Waals surface area contributed by atoms with E-state index in [2.05, 4.69) is 9.05 Å². The number of nitrogens with two attached hydrogens (primary N) is 1. The molecule has 0 heterocycles. The maximum Gasteiger partial charge on any atom is 0.699 e. The summed E-state index contributed by atoms with van der Waals surface area (Å²) in [4.78, 5) is 0. The van der Waals surface area contributed by atoms with Gasteiger partial charge >= 0.3 is 8.25 Å². The first-order valence-corrected chi connectivity index (χ1v) is 4.47. The van der Waals surface area contributed by atoms with Crippen molar-refractivity contribution in [2.45, 2.75) is 19.3 Å². The molecule has 0 aromatic rings. The van der Waals surface area contributed by atoms with Gasteiger partial charge in [0.25, 0.3) is 0 Å². The maximum absolute atomic E-state index is 10.7. The van der Waals surface area contributed by atoms with Crippen LogP contribution in [0, 0.1) is 0 Å². The van der Waals surface area contributed by atoms with Gasteiger partial charge < -0.3 is 15.9 Å². The molecule has 0 bridgehead atoms. The molecule has 0 fully saturated rings. The first-order chi connectivity index (χ1) is 5.56. The predicted octanol–water partition coefficient (Wildman–Crippen LogP) is -0.665. The monoisotopic (exact) mass is 198 g/mol. The molecule has 0 aliphatic carbocycles. The van der Waals surface area contributed by atoms with Crippen molar-refractivity contribution in [3.63, 3.8) is 0 Å². The Balaban J connectivity index is 3.44. The minimum Gasteiger partial charge on any atom is -0.394 e. The lowest BCUT2D eigenvalue weighted by Crippen LogP contribution is -2.19. The Hall–Kier alpha value is -0.100. The van der Waals surface area contributed by atoms with Gasteiger partial charge in [-0.25, -0.2) is 0 Å². The van der Waals surface area contributed by atoms with Crippen molar-refractivity contribution in [3.05, 3.63) is 0 Å². The Morgan fingerprint density at radius 2 is 2.25 bits per heavy atom. The standard InChI is InChI=1S/C5H13NO5P/c1-4(6)11-12(9)10-3-5(8)2-7/h4-5,7-8H,2-3,6H2,1H3/q+1. The van der Waals surface area contributed by atoms with Crippen LogP contribution in [0.4, 0.5) is 0 Å². The Morgan fingerprint density at radius 1 is 1.67 bits per heavy atom. The van der Waals surface area contributed by atoms with Crippen molar-refractivity contribution >= 4 is 8.25 Å². The minimum atomic E-state index is -2.30. The molecule has 6 nitrogen and oxygen atoms in total. The average Bonchev–Trinajstić information content (AvgIpc) is 1.99.